The number of nitrogens with zero attached hydrogens (tertiary/aromatic N) is 2. The molecular weight excluding hydrogens is 405 g/mol. The Hall–Kier alpha value is -2.80. The molecule has 1 saturated carbocycles. The average Bonchev–Trinajstić information content (AvgIpc) is 3.40. The Bertz CT molecular complexity index is 1080. The van der Waals surface area contributed by atoms with E-state index in [1.165, 1.54) is 0 Å². The van der Waals surface area contributed by atoms with Crippen LogP contribution in [0.15, 0.2) is 24.4 Å². The van der Waals surface area contributed by atoms with Gasteiger partial charge in [-0.15, -0.1) is 12.4 Å². The van der Waals surface area contributed by atoms with Crippen LogP contribution >= 0.6 is 12.4 Å². The second kappa shape index (κ2) is 8.52. The molecule has 0 aliphatic heterocycles. The third-order valence-electron chi connectivity index (χ3n) is 5.48. The minimum absolute atomic E-state index is 0. The fourth-order valence-electron chi connectivity index (χ4n) is 3.55. The van der Waals surface area contributed by atoms with Gasteiger partial charge in [-0.1, -0.05) is 0 Å². The Kier molecular flexibility index (Phi) is 6.22. The van der Waals surface area contributed by atoms with Crippen LogP contribution in [-0.2, 0) is 6.54 Å². The van der Waals surface area contributed by atoms with Crippen LogP contribution in [0.2, 0.25) is 0 Å². The van der Waals surface area contributed by atoms with Crippen LogP contribution < -0.4 is 16.0 Å². The van der Waals surface area contributed by atoms with Crippen molar-refractivity contribution in [3.8, 4) is 0 Å². The normalized spacial score (nSPS) is 13.1. The number of amides is 2. The summed E-state index contributed by atoms with van der Waals surface area (Å²) in [6, 6.07) is 5.07. The molecule has 30 heavy (non-hydrogen) atoms. The lowest BCUT2D eigenvalue weighted by molar-refractivity contribution is 0.251. The Morgan fingerprint density at radius 2 is 1.83 bits per heavy atom. The molecule has 3 aromatic rings. The van der Waals surface area contributed by atoms with Crippen LogP contribution in [0.4, 0.5) is 20.6 Å². The van der Waals surface area contributed by atoms with E-state index in [0.717, 1.165) is 52.3 Å². The monoisotopic (exact) mass is 431 g/mol. The highest BCUT2D eigenvalue weighted by Gasteiger charge is 2.23. The standard InChI is InChI=1S/C22H26FN5O.ClH/c1-12-7-16(23)8-13(2)19(12)10-24-20-9-18(27-22(29)26-17-5-6-17)11-28-15(4)14(3)25-21(20)28;/h7-9,11,17,24H,5-6,10H2,1-4H3,(H2,26,27,29);1H. The van der Waals surface area contributed by atoms with E-state index >= 15 is 0 Å². The van der Waals surface area contributed by atoms with Crippen LogP contribution in [0.3, 0.4) is 0 Å². The van der Waals surface area contributed by atoms with Gasteiger partial charge in [-0.05, 0) is 75.4 Å². The molecule has 2 aromatic heterocycles. The van der Waals surface area contributed by atoms with Crippen molar-refractivity contribution in [3.05, 3.63) is 58.3 Å². The number of nitrogens with one attached hydrogen (secondary N) is 3. The molecule has 2 amide bonds. The Morgan fingerprint density at radius 3 is 2.47 bits per heavy atom. The molecule has 3 N–H and O–H groups in total. The first kappa shape index (κ1) is 21.9. The molecule has 0 radical (unpaired) electrons. The van der Waals surface area contributed by atoms with Crippen LogP contribution in [0.25, 0.3) is 5.65 Å². The maximum atomic E-state index is 13.6. The number of carbonyl (C=O) groups is 1. The molecule has 0 atom stereocenters. The van der Waals surface area contributed by atoms with E-state index in [2.05, 4.69) is 20.9 Å². The predicted octanol–water partition coefficient (Wildman–Crippen LogP) is 5.02. The fraction of sp³-hybridized carbons (Fsp3) is 0.364. The first-order chi connectivity index (χ1) is 13.8. The van der Waals surface area contributed by atoms with Gasteiger partial charge in [-0.3, -0.25) is 0 Å². The summed E-state index contributed by atoms with van der Waals surface area (Å²) >= 11 is 0. The number of hydrogen-bond acceptors (Lipinski definition) is 3. The number of fused-ring (bicyclic) bond motifs is 1. The molecule has 0 unspecified atom stereocenters. The maximum Gasteiger partial charge on any atom is 0.319 e. The zero-order chi connectivity index (χ0) is 20.7. The van der Waals surface area contributed by atoms with Crippen molar-refractivity contribution in [2.45, 2.75) is 53.1 Å². The summed E-state index contributed by atoms with van der Waals surface area (Å²) in [6.45, 7) is 8.32. The molecule has 1 aliphatic rings. The first-order valence-electron chi connectivity index (χ1n) is 9.88. The number of rotatable bonds is 5. The van der Waals surface area contributed by atoms with Gasteiger partial charge in [0.05, 0.1) is 17.1 Å². The summed E-state index contributed by atoms with van der Waals surface area (Å²) < 4.78 is 15.6. The molecule has 0 spiro atoms. The molecule has 1 aliphatic carbocycles. The number of benzene rings is 1. The predicted molar refractivity (Wildman–Crippen MR) is 120 cm³/mol. The van der Waals surface area contributed by atoms with Crippen LogP contribution in [0.1, 0.15) is 40.9 Å². The minimum atomic E-state index is -0.224. The van der Waals surface area contributed by atoms with E-state index in [1.54, 1.807) is 12.1 Å². The molecule has 1 aromatic carbocycles. The van der Waals surface area contributed by atoms with E-state index in [0.29, 0.717) is 12.2 Å². The molecule has 160 valence electrons. The third kappa shape index (κ3) is 4.51. The molecule has 4 rings (SSSR count). The molecule has 0 saturated heterocycles. The zero-order valence-electron chi connectivity index (χ0n) is 17.6. The van der Waals surface area contributed by atoms with Crippen molar-refractivity contribution in [3.63, 3.8) is 0 Å². The Labute approximate surface area is 181 Å². The van der Waals surface area contributed by atoms with Gasteiger partial charge in [0.2, 0.25) is 0 Å². The van der Waals surface area contributed by atoms with E-state index in [4.69, 9.17) is 0 Å². The Balaban J connectivity index is 0.00000256. The van der Waals surface area contributed by atoms with Gasteiger partial charge >= 0.3 is 6.03 Å². The van der Waals surface area contributed by atoms with E-state index in [1.807, 2.05) is 44.4 Å². The number of hydrogen-bond donors (Lipinski definition) is 3. The van der Waals surface area contributed by atoms with Crippen molar-refractivity contribution in [2.24, 2.45) is 0 Å². The quantitative estimate of drug-likeness (QED) is 0.531. The molecule has 8 heteroatoms. The SMILES string of the molecule is Cc1cc(F)cc(C)c1CNc1cc(NC(=O)NC2CC2)cn2c(C)c(C)nc12.Cl. The van der Waals surface area contributed by atoms with Gasteiger partial charge in [-0.2, -0.15) is 0 Å². The Morgan fingerprint density at radius 1 is 1.17 bits per heavy atom. The van der Waals surface area contributed by atoms with E-state index in [-0.39, 0.29) is 30.3 Å². The number of halogens is 2. The second-order valence-corrected chi connectivity index (χ2v) is 7.86. The number of aryl methyl sites for hydroxylation is 4. The number of aromatic nitrogens is 2. The fourth-order valence-corrected chi connectivity index (χ4v) is 3.55. The van der Waals surface area contributed by atoms with Crippen LogP contribution in [0.5, 0.6) is 0 Å². The number of carbonyl (C=O) groups excluding carboxylic acids is 1. The van der Waals surface area contributed by atoms with Gasteiger partial charge in [0, 0.05) is 24.5 Å². The van der Waals surface area contributed by atoms with E-state index in [9.17, 15) is 9.18 Å². The highest BCUT2D eigenvalue weighted by atomic mass is 35.5. The summed E-state index contributed by atoms with van der Waals surface area (Å²) in [5.41, 5.74) is 7.10. The maximum absolute atomic E-state index is 13.6. The van der Waals surface area contributed by atoms with Gasteiger partial charge in [0.25, 0.3) is 0 Å². The number of urea groups is 1. The molecule has 1 fully saturated rings. The summed E-state index contributed by atoms with van der Waals surface area (Å²) in [5.74, 6) is -0.224. The van der Waals surface area contributed by atoms with Gasteiger partial charge in [0.15, 0.2) is 5.65 Å². The summed E-state index contributed by atoms with van der Waals surface area (Å²) in [4.78, 5) is 16.9. The third-order valence-corrected chi connectivity index (χ3v) is 5.48. The van der Waals surface area contributed by atoms with Crippen molar-refractivity contribution < 1.29 is 9.18 Å². The summed E-state index contributed by atoms with van der Waals surface area (Å²) in [7, 11) is 0. The van der Waals surface area contributed by atoms with Crippen molar-refractivity contribution in [1.29, 1.82) is 0 Å². The first-order valence-corrected chi connectivity index (χ1v) is 9.88. The summed E-state index contributed by atoms with van der Waals surface area (Å²) in [6.07, 6.45) is 3.96. The number of pyridine rings is 1. The molecular formula is C22H27ClFN5O. The molecule has 0 bridgehead atoms. The van der Waals surface area contributed by atoms with Crippen molar-refractivity contribution in [1.82, 2.24) is 14.7 Å². The number of imidazole rings is 1. The largest absolute Gasteiger partial charge is 0.378 e. The lowest BCUT2D eigenvalue weighted by Crippen LogP contribution is -2.30. The molecule has 2 heterocycles. The van der Waals surface area contributed by atoms with Gasteiger partial charge in [-0.25, -0.2) is 14.2 Å². The summed E-state index contributed by atoms with van der Waals surface area (Å²) in [5, 5.41) is 9.29. The highest BCUT2D eigenvalue weighted by molar-refractivity contribution is 5.91. The van der Waals surface area contributed by atoms with E-state index < -0.39 is 0 Å². The molecule has 6 nitrogen and oxygen atoms in total. The minimum Gasteiger partial charge on any atom is -0.378 e. The topological polar surface area (TPSA) is 70.5 Å². The number of anilines is 2. The second-order valence-electron chi connectivity index (χ2n) is 7.86. The smallest absolute Gasteiger partial charge is 0.319 e. The zero-order valence-corrected chi connectivity index (χ0v) is 18.4. The average molecular weight is 432 g/mol. The lowest BCUT2D eigenvalue weighted by Gasteiger charge is -2.15. The van der Waals surface area contributed by atoms with Gasteiger partial charge in [0.1, 0.15) is 5.82 Å². The lowest BCUT2D eigenvalue weighted by atomic mass is 10.0. The van der Waals surface area contributed by atoms with Crippen molar-refractivity contribution in [2.75, 3.05) is 10.6 Å². The van der Waals surface area contributed by atoms with Crippen LogP contribution in [-0.4, -0.2) is 21.5 Å². The van der Waals surface area contributed by atoms with Gasteiger partial charge < -0.3 is 20.4 Å². The van der Waals surface area contributed by atoms with Crippen molar-refractivity contribution >= 4 is 35.5 Å². The highest BCUT2D eigenvalue weighted by Crippen LogP contribution is 2.26. The van der Waals surface area contributed by atoms with Crippen LogP contribution in [0, 0.1) is 33.5 Å².